The number of carbonyl (C=O) groups excluding carboxylic acids is 1. The average molecular weight is 330 g/mol. The second-order valence-corrected chi connectivity index (χ2v) is 5.49. The zero-order valence-electron chi connectivity index (χ0n) is 12.3. The van der Waals surface area contributed by atoms with Crippen molar-refractivity contribution < 1.29 is 13.9 Å². The largest absolute Gasteiger partial charge is 0.497 e. The highest BCUT2D eigenvalue weighted by molar-refractivity contribution is 7.99. The summed E-state index contributed by atoms with van der Waals surface area (Å²) in [5.74, 6) is 1.90. The van der Waals surface area contributed by atoms with Crippen LogP contribution in [0.1, 0.15) is 0 Å². The van der Waals surface area contributed by atoms with Gasteiger partial charge >= 0.3 is 0 Å². The van der Waals surface area contributed by atoms with Crippen LogP contribution in [0.2, 0.25) is 0 Å². The minimum atomic E-state index is -0.140. The van der Waals surface area contributed by atoms with E-state index in [9.17, 15) is 4.79 Å². The van der Waals surface area contributed by atoms with E-state index in [1.165, 1.54) is 11.8 Å². The van der Waals surface area contributed by atoms with Gasteiger partial charge in [-0.25, -0.2) is 0 Å². The van der Waals surface area contributed by atoms with Gasteiger partial charge in [0.1, 0.15) is 5.75 Å². The maximum Gasteiger partial charge on any atom is 0.234 e. The molecule has 0 aliphatic rings. The highest BCUT2D eigenvalue weighted by Crippen LogP contribution is 2.20. The third-order valence-electron chi connectivity index (χ3n) is 2.91. The molecule has 0 aliphatic carbocycles. The van der Waals surface area contributed by atoms with Crippen LogP contribution in [0.4, 0.5) is 5.69 Å². The Morgan fingerprint density at radius 2 is 2.26 bits per heavy atom. The van der Waals surface area contributed by atoms with Gasteiger partial charge in [-0.1, -0.05) is 17.8 Å². The number of nitrogens with one attached hydrogen (secondary N) is 2. The van der Waals surface area contributed by atoms with E-state index in [4.69, 9.17) is 9.15 Å². The molecule has 0 fully saturated rings. The first-order valence-electron chi connectivity index (χ1n) is 6.78. The molecule has 7 nitrogen and oxygen atoms in total. The van der Waals surface area contributed by atoms with Crippen LogP contribution in [0.25, 0.3) is 11.6 Å². The molecular weight excluding hydrogens is 316 g/mol. The van der Waals surface area contributed by atoms with Crippen molar-refractivity contribution in [2.45, 2.75) is 5.16 Å². The fraction of sp³-hybridized carbons (Fsp3) is 0.133. The number of aromatic amines is 1. The third-order valence-corrected chi connectivity index (χ3v) is 3.78. The van der Waals surface area contributed by atoms with E-state index in [1.807, 2.05) is 12.1 Å². The Morgan fingerprint density at radius 3 is 3.04 bits per heavy atom. The lowest BCUT2D eigenvalue weighted by Crippen LogP contribution is -2.14. The summed E-state index contributed by atoms with van der Waals surface area (Å²) in [4.78, 5) is 15.0. The standard InChI is InChI=1S/C15H14N4O3S/c1-21-11-5-2-4-10(8-11)16-13(20)9-23-15-17-14(18-19-15)12-6-3-7-22-12/h2-8H,9H2,1H3,(H,16,20)(H,17,18,19). The molecular formula is C15H14N4O3S. The summed E-state index contributed by atoms with van der Waals surface area (Å²) in [6, 6.07) is 10.7. The quantitative estimate of drug-likeness (QED) is 0.675. The van der Waals surface area contributed by atoms with E-state index in [2.05, 4.69) is 20.5 Å². The fourth-order valence-electron chi connectivity index (χ4n) is 1.87. The van der Waals surface area contributed by atoms with Crippen molar-refractivity contribution in [3.63, 3.8) is 0 Å². The molecule has 118 valence electrons. The summed E-state index contributed by atoms with van der Waals surface area (Å²) < 4.78 is 10.3. The van der Waals surface area contributed by atoms with Gasteiger partial charge in [-0.05, 0) is 24.3 Å². The molecule has 3 aromatic rings. The van der Waals surface area contributed by atoms with Gasteiger partial charge in [-0.2, -0.15) is 0 Å². The average Bonchev–Trinajstić information content (AvgIpc) is 3.24. The normalized spacial score (nSPS) is 10.5. The molecule has 23 heavy (non-hydrogen) atoms. The Kier molecular flexibility index (Phi) is 4.62. The molecule has 8 heteroatoms. The summed E-state index contributed by atoms with van der Waals surface area (Å²) >= 11 is 1.26. The molecule has 1 aromatic carbocycles. The smallest absolute Gasteiger partial charge is 0.234 e. The number of thioether (sulfide) groups is 1. The lowest BCUT2D eigenvalue weighted by atomic mass is 10.3. The van der Waals surface area contributed by atoms with E-state index in [1.54, 1.807) is 37.6 Å². The number of amides is 1. The molecule has 0 bridgehead atoms. The van der Waals surface area contributed by atoms with Gasteiger partial charge < -0.3 is 19.5 Å². The van der Waals surface area contributed by atoms with E-state index in [-0.39, 0.29) is 11.7 Å². The Labute approximate surface area is 136 Å². The van der Waals surface area contributed by atoms with Crippen LogP contribution >= 0.6 is 11.8 Å². The summed E-state index contributed by atoms with van der Waals surface area (Å²) in [7, 11) is 1.58. The number of hydrogen-bond acceptors (Lipinski definition) is 6. The number of anilines is 1. The number of nitrogens with zero attached hydrogens (tertiary/aromatic N) is 2. The van der Waals surface area contributed by atoms with E-state index in [0.717, 1.165) is 0 Å². The Bertz CT molecular complexity index is 786. The monoisotopic (exact) mass is 330 g/mol. The molecule has 0 atom stereocenters. The molecule has 1 amide bonds. The van der Waals surface area contributed by atoms with Crippen molar-refractivity contribution in [1.29, 1.82) is 0 Å². The predicted octanol–water partition coefficient (Wildman–Crippen LogP) is 2.80. The molecule has 3 rings (SSSR count). The van der Waals surface area contributed by atoms with E-state index in [0.29, 0.717) is 28.2 Å². The molecule has 0 saturated heterocycles. The number of methoxy groups -OCH3 is 1. The van der Waals surface area contributed by atoms with Crippen molar-refractivity contribution in [2.75, 3.05) is 18.2 Å². The van der Waals surface area contributed by atoms with Crippen LogP contribution in [-0.4, -0.2) is 34.0 Å². The van der Waals surface area contributed by atoms with Crippen LogP contribution in [0.3, 0.4) is 0 Å². The lowest BCUT2D eigenvalue weighted by molar-refractivity contribution is -0.113. The topological polar surface area (TPSA) is 93.0 Å². The molecule has 0 spiro atoms. The minimum absolute atomic E-state index is 0.140. The Balaban J connectivity index is 1.54. The first kappa shape index (κ1) is 15.2. The summed E-state index contributed by atoms with van der Waals surface area (Å²) in [6.07, 6.45) is 1.56. The third kappa shape index (κ3) is 3.92. The maximum absolute atomic E-state index is 12.0. The van der Waals surface area contributed by atoms with E-state index < -0.39 is 0 Å². The number of aromatic nitrogens is 3. The number of ether oxygens (including phenoxy) is 1. The van der Waals surface area contributed by atoms with Gasteiger partial charge in [0, 0.05) is 11.8 Å². The minimum Gasteiger partial charge on any atom is -0.497 e. The second kappa shape index (κ2) is 7.01. The van der Waals surface area contributed by atoms with Crippen molar-refractivity contribution in [3.05, 3.63) is 42.7 Å². The van der Waals surface area contributed by atoms with Crippen LogP contribution in [0.5, 0.6) is 5.75 Å². The first-order valence-corrected chi connectivity index (χ1v) is 7.76. The van der Waals surface area contributed by atoms with Gasteiger partial charge in [-0.3, -0.25) is 4.79 Å². The molecule has 0 unspecified atom stereocenters. The zero-order chi connectivity index (χ0) is 16.1. The number of H-pyrrole nitrogens is 1. The van der Waals surface area contributed by atoms with Gasteiger partial charge in [0.2, 0.25) is 5.91 Å². The molecule has 0 saturated carbocycles. The molecule has 2 heterocycles. The van der Waals surface area contributed by atoms with Gasteiger partial charge in [-0.15, -0.1) is 10.2 Å². The lowest BCUT2D eigenvalue weighted by Gasteiger charge is -2.06. The molecule has 2 N–H and O–H groups in total. The maximum atomic E-state index is 12.0. The number of furan rings is 1. The Hall–Kier alpha value is -2.74. The fourth-order valence-corrected chi connectivity index (χ4v) is 2.48. The first-order chi connectivity index (χ1) is 11.2. The van der Waals surface area contributed by atoms with Gasteiger partial charge in [0.15, 0.2) is 16.7 Å². The summed E-state index contributed by atoms with van der Waals surface area (Å²) in [5, 5.41) is 11.3. The highest BCUT2D eigenvalue weighted by Gasteiger charge is 2.10. The number of benzene rings is 1. The highest BCUT2D eigenvalue weighted by atomic mass is 32.2. The van der Waals surface area contributed by atoms with Crippen molar-refractivity contribution in [3.8, 4) is 17.3 Å². The SMILES string of the molecule is COc1cccc(NC(=O)CSc2nnc(-c3ccco3)[nH]2)c1. The number of rotatable bonds is 6. The van der Waals surface area contributed by atoms with Crippen molar-refractivity contribution >= 4 is 23.4 Å². The van der Waals surface area contributed by atoms with Crippen LogP contribution in [0, 0.1) is 0 Å². The molecule has 2 aromatic heterocycles. The molecule has 0 radical (unpaired) electrons. The number of hydrogen-bond donors (Lipinski definition) is 2. The second-order valence-electron chi connectivity index (χ2n) is 4.52. The zero-order valence-corrected chi connectivity index (χ0v) is 13.1. The number of carbonyl (C=O) groups is 1. The van der Waals surface area contributed by atoms with Crippen molar-refractivity contribution in [2.24, 2.45) is 0 Å². The summed E-state index contributed by atoms with van der Waals surface area (Å²) in [6.45, 7) is 0. The Morgan fingerprint density at radius 1 is 1.35 bits per heavy atom. The molecule has 0 aliphatic heterocycles. The van der Waals surface area contributed by atoms with E-state index >= 15 is 0 Å². The van der Waals surface area contributed by atoms with Crippen LogP contribution in [-0.2, 0) is 4.79 Å². The van der Waals surface area contributed by atoms with Crippen LogP contribution in [0.15, 0.2) is 52.2 Å². The van der Waals surface area contributed by atoms with Gasteiger partial charge in [0.05, 0.1) is 19.1 Å². The van der Waals surface area contributed by atoms with Crippen molar-refractivity contribution in [1.82, 2.24) is 15.2 Å². The van der Waals surface area contributed by atoms with Crippen LogP contribution < -0.4 is 10.1 Å². The van der Waals surface area contributed by atoms with Gasteiger partial charge in [0.25, 0.3) is 0 Å². The summed E-state index contributed by atoms with van der Waals surface area (Å²) in [5.41, 5.74) is 0.684. The predicted molar refractivity (Wildman–Crippen MR) is 86.4 cm³/mol.